The quantitative estimate of drug-likeness (QED) is 0.601. The number of carbonyl (C=O) groups excluding carboxylic acids is 1. The van der Waals surface area contributed by atoms with Gasteiger partial charge in [-0.1, -0.05) is 53.8 Å². The van der Waals surface area contributed by atoms with Gasteiger partial charge < -0.3 is 9.84 Å². The number of hydrogen-bond donors (Lipinski definition) is 1. The summed E-state index contributed by atoms with van der Waals surface area (Å²) in [5, 5.41) is 8.63. The Morgan fingerprint density at radius 3 is 2.56 bits per heavy atom. The summed E-state index contributed by atoms with van der Waals surface area (Å²) in [7, 11) is 0. The SMILES string of the molecule is Cc1ccc(N2C(=O)/C(=C\c3ccc(OCC(=O)O)cc3)SC2=S)c(C)c1. The van der Waals surface area contributed by atoms with Crippen LogP contribution < -0.4 is 9.64 Å². The number of amides is 1. The number of aliphatic carboxylic acids is 1. The molecule has 1 N–H and O–H groups in total. The summed E-state index contributed by atoms with van der Waals surface area (Å²) in [6.45, 7) is 3.57. The van der Waals surface area contributed by atoms with Gasteiger partial charge in [0.1, 0.15) is 5.75 Å². The van der Waals surface area contributed by atoms with Crippen molar-refractivity contribution in [2.75, 3.05) is 11.5 Å². The number of benzene rings is 2. The normalized spacial score (nSPS) is 15.5. The molecule has 1 aliphatic rings. The topological polar surface area (TPSA) is 66.8 Å². The molecule has 1 heterocycles. The van der Waals surface area contributed by atoms with E-state index in [9.17, 15) is 9.59 Å². The molecule has 27 heavy (non-hydrogen) atoms. The molecule has 0 aliphatic carbocycles. The van der Waals surface area contributed by atoms with Crippen LogP contribution in [0.5, 0.6) is 5.75 Å². The number of carboxylic acid groups (broad SMARTS) is 1. The number of thioether (sulfide) groups is 1. The smallest absolute Gasteiger partial charge is 0.341 e. The summed E-state index contributed by atoms with van der Waals surface area (Å²) in [6.07, 6.45) is 1.77. The van der Waals surface area contributed by atoms with Crippen LogP contribution in [0.25, 0.3) is 6.08 Å². The van der Waals surface area contributed by atoms with Crippen LogP contribution in [-0.4, -0.2) is 27.9 Å². The molecule has 138 valence electrons. The van der Waals surface area contributed by atoms with E-state index in [1.807, 2.05) is 32.0 Å². The van der Waals surface area contributed by atoms with Gasteiger partial charge >= 0.3 is 5.97 Å². The zero-order chi connectivity index (χ0) is 19.6. The zero-order valence-electron chi connectivity index (χ0n) is 14.8. The van der Waals surface area contributed by atoms with Crippen molar-refractivity contribution in [2.24, 2.45) is 0 Å². The Hall–Kier alpha value is -2.64. The molecule has 1 amide bonds. The van der Waals surface area contributed by atoms with Crippen molar-refractivity contribution in [1.29, 1.82) is 0 Å². The predicted octanol–water partition coefficient (Wildman–Crippen LogP) is 4.17. The van der Waals surface area contributed by atoms with E-state index in [1.165, 1.54) is 11.8 Å². The molecular weight excluding hydrogens is 382 g/mol. The predicted molar refractivity (Wildman–Crippen MR) is 111 cm³/mol. The molecule has 7 heteroatoms. The van der Waals surface area contributed by atoms with Gasteiger partial charge in [0.2, 0.25) is 0 Å². The third kappa shape index (κ3) is 4.37. The van der Waals surface area contributed by atoms with Gasteiger partial charge in [0.25, 0.3) is 5.91 Å². The van der Waals surface area contributed by atoms with Crippen LogP contribution >= 0.6 is 24.0 Å². The van der Waals surface area contributed by atoms with Gasteiger partial charge in [-0.2, -0.15) is 0 Å². The number of thiocarbonyl (C=S) groups is 1. The number of nitrogens with zero attached hydrogens (tertiary/aromatic N) is 1. The highest BCUT2D eigenvalue weighted by Crippen LogP contribution is 2.37. The molecular formula is C20H17NO4S2. The Bertz CT molecular complexity index is 951. The van der Waals surface area contributed by atoms with Gasteiger partial charge in [-0.25, -0.2) is 4.79 Å². The van der Waals surface area contributed by atoms with E-state index < -0.39 is 12.6 Å². The van der Waals surface area contributed by atoms with Crippen molar-refractivity contribution in [1.82, 2.24) is 0 Å². The summed E-state index contributed by atoms with van der Waals surface area (Å²) >= 11 is 6.68. The Kier molecular flexibility index (Phi) is 5.62. The zero-order valence-corrected chi connectivity index (χ0v) is 16.4. The maximum Gasteiger partial charge on any atom is 0.341 e. The lowest BCUT2D eigenvalue weighted by atomic mass is 10.1. The van der Waals surface area contributed by atoms with E-state index in [0.29, 0.717) is 15.0 Å². The molecule has 1 saturated heterocycles. The van der Waals surface area contributed by atoms with Gasteiger partial charge in [-0.05, 0) is 49.2 Å². The molecule has 2 aromatic carbocycles. The molecule has 0 spiro atoms. The molecule has 5 nitrogen and oxygen atoms in total. The summed E-state index contributed by atoms with van der Waals surface area (Å²) < 4.78 is 5.61. The maximum absolute atomic E-state index is 12.9. The first-order valence-electron chi connectivity index (χ1n) is 8.15. The summed E-state index contributed by atoms with van der Waals surface area (Å²) in [4.78, 5) is 25.5. The van der Waals surface area contributed by atoms with Crippen molar-refractivity contribution in [2.45, 2.75) is 13.8 Å². The molecule has 2 aromatic rings. The average Bonchev–Trinajstić information content (AvgIpc) is 2.88. The Morgan fingerprint density at radius 1 is 1.22 bits per heavy atom. The monoisotopic (exact) mass is 399 g/mol. The van der Waals surface area contributed by atoms with E-state index in [4.69, 9.17) is 22.1 Å². The van der Waals surface area contributed by atoms with Crippen LogP contribution in [0.2, 0.25) is 0 Å². The Labute approximate surface area is 166 Å². The highest BCUT2D eigenvalue weighted by atomic mass is 32.2. The number of carbonyl (C=O) groups is 2. The first kappa shape index (κ1) is 19.1. The van der Waals surface area contributed by atoms with Gasteiger partial charge in [0.05, 0.1) is 10.6 Å². The minimum atomic E-state index is -1.03. The van der Waals surface area contributed by atoms with E-state index in [-0.39, 0.29) is 5.91 Å². The standard InChI is InChI=1S/C20H17NO4S2/c1-12-3-8-16(13(2)9-12)21-19(24)17(27-20(21)26)10-14-4-6-15(7-5-14)25-11-18(22)23/h3-10H,11H2,1-2H3,(H,22,23)/b17-10+. The lowest BCUT2D eigenvalue weighted by Gasteiger charge is -2.17. The van der Waals surface area contributed by atoms with Crippen LogP contribution in [0.3, 0.4) is 0 Å². The van der Waals surface area contributed by atoms with Crippen LogP contribution in [0.1, 0.15) is 16.7 Å². The number of ether oxygens (including phenoxy) is 1. The second kappa shape index (κ2) is 7.94. The molecule has 1 aliphatic heterocycles. The highest BCUT2D eigenvalue weighted by Gasteiger charge is 2.33. The lowest BCUT2D eigenvalue weighted by Crippen LogP contribution is -2.28. The number of aryl methyl sites for hydroxylation is 2. The summed E-state index contributed by atoms with van der Waals surface area (Å²) in [6, 6.07) is 12.8. The van der Waals surface area contributed by atoms with Gasteiger partial charge in [0.15, 0.2) is 10.9 Å². The van der Waals surface area contributed by atoms with Crippen LogP contribution in [0.4, 0.5) is 5.69 Å². The van der Waals surface area contributed by atoms with E-state index in [0.717, 1.165) is 22.4 Å². The van der Waals surface area contributed by atoms with Crippen molar-refractivity contribution in [3.05, 3.63) is 64.1 Å². The van der Waals surface area contributed by atoms with Crippen molar-refractivity contribution in [3.8, 4) is 5.75 Å². The molecule has 0 bridgehead atoms. The van der Waals surface area contributed by atoms with Gasteiger partial charge in [0, 0.05) is 0 Å². The molecule has 0 atom stereocenters. The van der Waals surface area contributed by atoms with Crippen LogP contribution in [0.15, 0.2) is 47.4 Å². The summed E-state index contributed by atoms with van der Waals surface area (Å²) in [5.74, 6) is -0.727. The fourth-order valence-corrected chi connectivity index (χ4v) is 3.97. The van der Waals surface area contributed by atoms with Gasteiger partial charge in [-0.3, -0.25) is 9.69 Å². The van der Waals surface area contributed by atoms with Crippen molar-refractivity contribution < 1.29 is 19.4 Å². The van der Waals surface area contributed by atoms with Crippen LogP contribution in [0, 0.1) is 13.8 Å². The molecule has 0 unspecified atom stereocenters. The average molecular weight is 399 g/mol. The fraction of sp³-hybridized carbons (Fsp3) is 0.150. The lowest BCUT2D eigenvalue weighted by molar-refractivity contribution is -0.139. The number of anilines is 1. The highest BCUT2D eigenvalue weighted by molar-refractivity contribution is 8.27. The van der Waals surface area contributed by atoms with Crippen molar-refractivity contribution in [3.63, 3.8) is 0 Å². The second-order valence-corrected chi connectivity index (χ2v) is 7.73. The third-order valence-electron chi connectivity index (χ3n) is 3.93. The van der Waals surface area contributed by atoms with Crippen LogP contribution in [-0.2, 0) is 9.59 Å². The summed E-state index contributed by atoms with van der Waals surface area (Å²) in [5.41, 5.74) is 3.72. The maximum atomic E-state index is 12.9. The van der Waals surface area contributed by atoms with E-state index in [2.05, 4.69) is 0 Å². The first-order chi connectivity index (χ1) is 12.8. The Balaban J connectivity index is 1.81. The van der Waals surface area contributed by atoms with Gasteiger partial charge in [-0.15, -0.1) is 0 Å². The molecule has 0 radical (unpaired) electrons. The largest absolute Gasteiger partial charge is 0.482 e. The molecule has 0 aromatic heterocycles. The third-order valence-corrected chi connectivity index (χ3v) is 5.23. The number of carboxylic acids is 1. The van der Waals surface area contributed by atoms with E-state index >= 15 is 0 Å². The minimum absolute atomic E-state index is 0.150. The Morgan fingerprint density at radius 2 is 1.93 bits per heavy atom. The second-order valence-electron chi connectivity index (χ2n) is 6.06. The first-order valence-corrected chi connectivity index (χ1v) is 9.37. The van der Waals surface area contributed by atoms with E-state index in [1.54, 1.807) is 35.2 Å². The fourth-order valence-electron chi connectivity index (χ4n) is 2.69. The van der Waals surface area contributed by atoms with Crippen molar-refractivity contribution >= 4 is 51.9 Å². The molecule has 1 fully saturated rings. The number of rotatable bonds is 5. The molecule has 3 rings (SSSR count). The molecule has 0 saturated carbocycles. The number of hydrogen-bond acceptors (Lipinski definition) is 5. The minimum Gasteiger partial charge on any atom is -0.482 e.